The molecule has 1 amide bonds. The van der Waals surface area contributed by atoms with Crippen LogP contribution in [0.5, 0.6) is 11.5 Å². The van der Waals surface area contributed by atoms with Crippen LogP contribution in [0.15, 0.2) is 42.5 Å². The molecule has 2 aliphatic rings. The Bertz CT molecular complexity index is 917. The van der Waals surface area contributed by atoms with Gasteiger partial charge in [0.25, 0.3) is 0 Å². The van der Waals surface area contributed by atoms with Crippen LogP contribution < -0.4 is 14.8 Å². The number of halogens is 3. The quantitative estimate of drug-likeness (QED) is 0.783. The number of nitrogens with one attached hydrogen (secondary N) is 1. The van der Waals surface area contributed by atoms with E-state index >= 15 is 0 Å². The Balaban J connectivity index is 1.46. The second-order valence-electron chi connectivity index (χ2n) is 7.48. The van der Waals surface area contributed by atoms with Crippen molar-refractivity contribution in [3.05, 3.63) is 53.6 Å². The van der Waals surface area contributed by atoms with E-state index < -0.39 is 17.6 Å². The fourth-order valence-corrected chi connectivity index (χ4v) is 3.99. The van der Waals surface area contributed by atoms with Gasteiger partial charge in [0, 0.05) is 12.5 Å². The van der Waals surface area contributed by atoms with Crippen LogP contribution in [0.1, 0.15) is 36.4 Å². The summed E-state index contributed by atoms with van der Waals surface area (Å²) in [4.78, 5) is 14.5. The first-order chi connectivity index (χ1) is 14.4. The van der Waals surface area contributed by atoms with E-state index in [9.17, 15) is 18.0 Å². The molecular formula is C22H23F3N2O3. The minimum Gasteiger partial charge on any atom is -0.490 e. The molecule has 0 bridgehead atoms. The van der Waals surface area contributed by atoms with E-state index in [-0.39, 0.29) is 18.3 Å². The van der Waals surface area contributed by atoms with Crippen molar-refractivity contribution in [3.63, 3.8) is 0 Å². The molecule has 0 saturated carbocycles. The van der Waals surface area contributed by atoms with Crippen LogP contribution in [0.25, 0.3) is 0 Å². The lowest BCUT2D eigenvalue weighted by Gasteiger charge is -2.25. The van der Waals surface area contributed by atoms with Gasteiger partial charge in [-0.2, -0.15) is 13.2 Å². The first kappa shape index (κ1) is 20.5. The number of likely N-dealkylation sites (tertiary alicyclic amines) is 1. The van der Waals surface area contributed by atoms with Crippen LogP contribution in [-0.4, -0.2) is 37.1 Å². The molecule has 160 valence electrons. The summed E-state index contributed by atoms with van der Waals surface area (Å²) >= 11 is 0. The molecule has 2 aromatic rings. The number of rotatable bonds is 4. The molecule has 2 aliphatic heterocycles. The number of anilines is 1. The summed E-state index contributed by atoms with van der Waals surface area (Å²) in [6.45, 7) is 1.92. The van der Waals surface area contributed by atoms with E-state index in [1.165, 1.54) is 18.2 Å². The number of carbonyl (C=O) groups excluding carboxylic acids is 1. The lowest BCUT2D eigenvalue weighted by molar-refractivity contribution is -0.137. The summed E-state index contributed by atoms with van der Waals surface area (Å²) in [5, 5.41) is 2.43. The summed E-state index contributed by atoms with van der Waals surface area (Å²) in [6, 6.07) is 10.8. The lowest BCUT2D eigenvalue weighted by Crippen LogP contribution is -2.33. The Morgan fingerprint density at radius 2 is 1.83 bits per heavy atom. The van der Waals surface area contributed by atoms with Crippen molar-refractivity contribution in [3.8, 4) is 11.5 Å². The molecular weight excluding hydrogens is 397 g/mol. The van der Waals surface area contributed by atoms with Gasteiger partial charge in [0.2, 0.25) is 5.91 Å². The van der Waals surface area contributed by atoms with Crippen molar-refractivity contribution in [1.82, 2.24) is 4.90 Å². The van der Waals surface area contributed by atoms with E-state index in [2.05, 4.69) is 5.32 Å². The Morgan fingerprint density at radius 1 is 1.07 bits per heavy atom. The van der Waals surface area contributed by atoms with Crippen LogP contribution in [0.3, 0.4) is 0 Å². The highest BCUT2D eigenvalue weighted by molar-refractivity contribution is 5.93. The highest BCUT2D eigenvalue weighted by Gasteiger charge is 2.34. The van der Waals surface area contributed by atoms with Crippen LogP contribution in [0, 0.1) is 0 Å². The zero-order chi connectivity index (χ0) is 21.1. The Kier molecular flexibility index (Phi) is 5.85. The van der Waals surface area contributed by atoms with E-state index in [4.69, 9.17) is 9.47 Å². The number of nitrogens with zero attached hydrogens (tertiary/aromatic N) is 1. The van der Waals surface area contributed by atoms with Gasteiger partial charge in [0.15, 0.2) is 11.5 Å². The molecule has 0 spiro atoms. The summed E-state index contributed by atoms with van der Waals surface area (Å²) in [5.74, 6) is 0.940. The first-order valence-electron chi connectivity index (χ1n) is 10.0. The van der Waals surface area contributed by atoms with Gasteiger partial charge in [-0.15, -0.1) is 0 Å². The van der Waals surface area contributed by atoms with Crippen LogP contribution in [0.4, 0.5) is 18.9 Å². The predicted octanol–water partition coefficient (Wildman–Crippen LogP) is 4.64. The topological polar surface area (TPSA) is 50.8 Å². The zero-order valence-electron chi connectivity index (χ0n) is 16.4. The molecule has 0 aromatic heterocycles. The highest BCUT2D eigenvalue weighted by atomic mass is 19.4. The summed E-state index contributed by atoms with van der Waals surface area (Å²) in [6.07, 6.45) is -1.93. The van der Waals surface area contributed by atoms with Gasteiger partial charge in [-0.1, -0.05) is 18.2 Å². The molecule has 8 heteroatoms. The number of carbonyl (C=O) groups is 1. The standard InChI is InChI=1S/C22H23F3N2O3/c23-22(24,25)16-5-1-2-6-17(16)26-21(28)14-27-10-3-7-18(27)15-8-9-19-20(13-15)30-12-4-11-29-19/h1-2,5-6,8-9,13,18H,3-4,7,10-12,14H2,(H,26,28)/t18-/m0/s1. The Hall–Kier alpha value is -2.74. The van der Waals surface area contributed by atoms with E-state index in [1.54, 1.807) is 0 Å². The van der Waals surface area contributed by atoms with Gasteiger partial charge in [-0.3, -0.25) is 9.69 Å². The second-order valence-corrected chi connectivity index (χ2v) is 7.48. The van der Waals surface area contributed by atoms with E-state index in [0.717, 1.165) is 30.9 Å². The number of amides is 1. The fourth-order valence-electron chi connectivity index (χ4n) is 3.99. The molecule has 0 aliphatic carbocycles. The van der Waals surface area contributed by atoms with Crippen molar-refractivity contribution in [2.45, 2.75) is 31.5 Å². The van der Waals surface area contributed by atoms with Crippen LogP contribution in [-0.2, 0) is 11.0 Å². The summed E-state index contributed by atoms with van der Waals surface area (Å²) < 4.78 is 50.9. The van der Waals surface area contributed by atoms with Gasteiger partial charge in [0.1, 0.15) is 0 Å². The maximum atomic E-state index is 13.2. The van der Waals surface area contributed by atoms with Crippen molar-refractivity contribution in [1.29, 1.82) is 0 Å². The number of alkyl halides is 3. The van der Waals surface area contributed by atoms with Crippen molar-refractivity contribution in [2.24, 2.45) is 0 Å². The summed E-state index contributed by atoms with van der Waals surface area (Å²) in [5.41, 5.74) is -0.0548. The van der Waals surface area contributed by atoms with Crippen molar-refractivity contribution >= 4 is 11.6 Å². The van der Waals surface area contributed by atoms with Crippen LogP contribution >= 0.6 is 0 Å². The smallest absolute Gasteiger partial charge is 0.418 e. The number of hydrogen-bond donors (Lipinski definition) is 1. The fraction of sp³-hybridized carbons (Fsp3) is 0.409. The molecule has 1 atom stereocenters. The normalized spacial score (nSPS) is 19.4. The van der Waals surface area contributed by atoms with Crippen molar-refractivity contribution in [2.75, 3.05) is 31.6 Å². The molecule has 1 fully saturated rings. The molecule has 0 radical (unpaired) electrons. The third kappa shape index (κ3) is 4.53. The maximum absolute atomic E-state index is 13.2. The molecule has 1 saturated heterocycles. The second kappa shape index (κ2) is 8.55. The monoisotopic (exact) mass is 420 g/mol. The number of para-hydroxylation sites is 1. The van der Waals surface area contributed by atoms with Gasteiger partial charge in [0.05, 0.1) is 31.0 Å². The summed E-state index contributed by atoms with van der Waals surface area (Å²) in [7, 11) is 0. The zero-order valence-corrected chi connectivity index (χ0v) is 16.4. The molecule has 5 nitrogen and oxygen atoms in total. The molecule has 2 aromatic carbocycles. The number of fused-ring (bicyclic) bond motifs is 1. The average Bonchev–Trinajstić information content (AvgIpc) is 3.02. The van der Waals surface area contributed by atoms with Gasteiger partial charge >= 0.3 is 6.18 Å². The number of ether oxygens (including phenoxy) is 2. The van der Waals surface area contributed by atoms with E-state index in [0.29, 0.717) is 31.3 Å². The Morgan fingerprint density at radius 3 is 2.63 bits per heavy atom. The largest absolute Gasteiger partial charge is 0.490 e. The average molecular weight is 420 g/mol. The molecule has 2 heterocycles. The maximum Gasteiger partial charge on any atom is 0.418 e. The molecule has 30 heavy (non-hydrogen) atoms. The lowest BCUT2D eigenvalue weighted by atomic mass is 10.0. The predicted molar refractivity (Wildman–Crippen MR) is 106 cm³/mol. The van der Waals surface area contributed by atoms with Gasteiger partial charge < -0.3 is 14.8 Å². The first-order valence-corrected chi connectivity index (χ1v) is 10.0. The third-order valence-corrected chi connectivity index (χ3v) is 5.37. The SMILES string of the molecule is O=C(CN1CCC[C@H]1c1ccc2c(c1)OCCCO2)Nc1ccccc1C(F)(F)F. The minimum atomic E-state index is -4.52. The van der Waals surface area contributed by atoms with E-state index in [1.807, 2.05) is 23.1 Å². The Labute approximate surface area is 172 Å². The number of benzene rings is 2. The van der Waals surface area contributed by atoms with Crippen LogP contribution in [0.2, 0.25) is 0 Å². The van der Waals surface area contributed by atoms with Gasteiger partial charge in [-0.25, -0.2) is 0 Å². The van der Waals surface area contributed by atoms with Crippen molar-refractivity contribution < 1.29 is 27.4 Å². The number of hydrogen-bond acceptors (Lipinski definition) is 4. The minimum absolute atomic E-state index is 0.00534. The molecule has 0 unspecified atom stereocenters. The molecule has 1 N–H and O–H groups in total. The highest BCUT2D eigenvalue weighted by Crippen LogP contribution is 2.38. The third-order valence-electron chi connectivity index (χ3n) is 5.37. The molecule has 4 rings (SSSR count). The van der Waals surface area contributed by atoms with Gasteiger partial charge in [-0.05, 0) is 49.2 Å².